The highest BCUT2D eigenvalue weighted by molar-refractivity contribution is 8.00. The van der Waals surface area contributed by atoms with Crippen LogP contribution in [0.3, 0.4) is 0 Å². The van der Waals surface area contributed by atoms with E-state index in [0.29, 0.717) is 17.3 Å². The van der Waals surface area contributed by atoms with Crippen LogP contribution in [0.15, 0.2) is 47.4 Å². The number of ether oxygens (including phenoxy) is 1. The van der Waals surface area contributed by atoms with E-state index in [1.54, 1.807) is 16.7 Å². The summed E-state index contributed by atoms with van der Waals surface area (Å²) in [4.78, 5) is 20.8. The fraction of sp³-hybridized carbons (Fsp3) is 0.333. The number of fused-ring (bicyclic) bond motifs is 1. The van der Waals surface area contributed by atoms with Crippen LogP contribution in [0.4, 0.5) is 5.13 Å². The summed E-state index contributed by atoms with van der Waals surface area (Å²) in [6.07, 6.45) is 2.09. The highest BCUT2D eigenvalue weighted by atomic mass is 35.5. The Morgan fingerprint density at radius 1 is 1.32 bits per heavy atom. The molecule has 146 valence electrons. The van der Waals surface area contributed by atoms with Crippen LogP contribution in [0.5, 0.6) is 0 Å². The van der Waals surface area contributed by atoms with Gasteiger partial charge in [-0.2, -0.15) is 0 Å². The van der Waals surface area contributed by atoms with Gasteiger partial charge in [0.2, 0.25) is 5.91 Å². The van der Waals surface area contributed by atoms with Crippen molar-refractivity contribution in [1.29, 1.82) is 0 Å². The van der Waals surface area contributed by atoms with Crippen LogP contribution < -0.4 is 4.90 Å². The van der Waals surface area contributed by atoms with Gasteiger partial charge < -0.3 is 4.74 Å². The third-order valence-corrected chi connectivity index (χ3v) is 7.23. The lowest BCUT2D eigenvalue weighted by Crippen LogP contribution is -2.38. The summed E-state index contributed by atoms with van der Waals surface area (Å²) in [6.45, 7) is 3.27. The van der Waals surface area contributed by atoms with Gasteiger partial charge in [-0.1, -0.05) is 41.1 Å². The molecule has 1 unspecified atom stereocenters. The van der Waals surface area contributed by atoms with Crippen molar-refractivity contribution in [1.82, 2.24) is 4.98 Å². The predicted octanol–water partition coefficient (Wildman–Crippen LogP) is 5.56. The van der Waals surface area contributed by atoms with E-state index in [0.717, 1.165) is 45.3 Å². The molecule has 2 aromatic carbocycles. The van der Waals surface area contributed by atoms with E-state index in [-0.39, 0.29) is 12.0 Å². The predicted molar refractivity (Wildman–Crippen MR) is 118 cm³/mol. The number of thiazole rings is 1. The zero-order valence-electron chi connectivity index (χ0n) is 15.6. The molecule has 0 bridgehead atoms. The molecule has 1 aromatic heterocycles. The maximum Gasteiger partial charge on any atom is 0.239 e. The molecule has 4 nitrogen and oxygen atoms in total. The summed E-state index contributed by atoms with van der Waals surface area (Å²) >= 11 is 9.33. The van der Waals surface area contributed by atoms with Crippen molar-refractivity contribution in [2.45, 2.75) is 30.8 Å². The standard InChI is InChI=1S/C21H21ClN2O2S2/c1-14-17(22)9-10-18-20(14)23-21(28-18)24(12-15-6-5-11-26-15)19(25)13-27-16-7-3-2-4-8-16/h2-4,7-10,15H,5-6,11-13H2,1H3. The first kappa shape index (κ1) is 19.7. The van der Waals surface area contributed by atoms with E-state index in [2.05, 4.69) is 0 Å². The lowest BCUT2D eigenvalue weighted by Gasteiger charge is -2.23. The largest absolute Gasteiger partial charge is 0.376 e. The van der Waals surface area contributed by atoms with Crippen LogP contribution in [-0.2, 0) is 9.53 Å². The third kappa shape index (κ3) is 4.35. The minimum Gasteiger partial charge on any atom is -0.376 e. The van der Waals surface area contributed by atoms with Crippen molar-refractivity contribution in [2.24, 2.45) is 0 Å². The molecule has 0 N–H and O–H groups in total. The van der Waals surface area contributed by atoms with Crippen molar-refractivity contribution in [3.63, 3.8) is 0 Å². The number of thioether (sulfide) groups is 1. The average molecular weight is 433 g/mol. The number of amides is 1. The van der Waals surface area contributed by atoms with E-state index < -0.39 is 0 Å². The van der Waals surface area contributed by atoms with Crippen LogP contribution in [-0.4, -0.2) is 35.9 Å². The monoisotopic (exact) mass is 432 g/mol. The highest BCUT2D eigenvalue weighted by Gasteiger charge is 2.26. The van der Waals surface area contributed by atoms with Gasteiger partial charge in [0.25, 0.3) is 0 Å². The minimum absolute atomic E-state index is 0.0483. The molecule has 1 fully saturated rings. The zero-order valence-corrected chi connectivity index (χ0v) is 17.9. The number of carbonyl (C=O) groups excluding carboxylic acids is 1. The molecule has 7 heteroatoms. The van der Waals surface area contributed by atoms with Gasteiger partial charge in [-0.3, -0.25) is 9.69 Å². The number of aromatic nitrogens is 1. The number of hydrogen-bond acceptors (Lipinski definition) is 5. The summed E-state index contributed by atoms with van der Waals surface area (Å²) in [5, 5.41) is 1.41. The Hall–Kier alpha value is -1.60. The molecule has 1 aliphatic heterocycles. The van der Waals surface area contributed by atoms with Gasteiger partial charge in [0.05, 0.1) is 28.6 Å². The number of hydrogen-bond donors (Lipinski definition) is 0. The molecule has 1 aliphatic rings. The van der Waals surface area contributed by atoms with Gasteiger partial charge in [-0.15, -0.1) is 11.8 Å². The first-order valence-corrected chi connectivity index (χ1v) is 11.5. The first-order valence-electron chi connectivity index (χ1n) is 9.27. The number of nitrogens with zero attached hydrogens (tertiary/aromatic N) is 2. The third-order valence-electron chi connectivity index (χ3n) is 4.78. The molecule has 1 amide bonds. The molecule has 0 aliphatic carbocycles. The van der Waals surface area contributed by atoms with Gasteiger partial charge in [0.15, 0.2) is 5.13 Å². The van der Waals surface area contributed by atoms with Crippen molar-refractivity contribution in [2.75, 3.05) is 23.8 Å². The van der Waals surface area contributed by atoms with E-state index in [1.165, 1.54) is 11.3 Å². The molecule has 3 aromatic rings. The van der Waals surface area contributed by atoms with Crippen LogP contribution in [0.1, 0.15) is 18.4 Å². The lowest BCUT2D eigenvalue weighted by atomic mass is 10.2. The Morgan fingerprint density at radius 2 is 2.14 bits per heavy atom. The second-order valence-corrected chi connectivity index (χ2v) is 9.22. The molecule has 1 atom stereocenters. The maximum atomic E-state index is 13.1. The summed E-state index contributed by atoms with van der Waals surface area (Å²) in [5.74, 6) is 0.416. The Balaban J connectivity index is 1.59. The van der Waals surface area contributed by atoms with Crippen LogP contribution in [0.25, 0.3) is 10.2 Å². The van der Waals surface area contributed by atoms with Crippen molar-refractivity contribution < 1.29 is 9.53 Å². The average Bonchev–Trinajstić information content (AvgIpc) is 3.38. The second kappa shape index (κ2) is 8.82. The zero-order chi connectivity index (χ0) is 19.5. The molecular weight excluding hydrogens is 412 g/mol. The second-order valence-electron chi connectivity index (χ2n) is 6.76. The van der Waals surface area contributed by atoms with Crippen molar-refractivity contribution in [3.8, 4) is 0 Å². The van der Waals surface area contributed by atoms with Crippen molar-refractivity contribution >= 4 is 56.0 Å². The maximum absolute atomic E-state index is 13.1. The lowest BCUT2D eigenvalue weighted by molar-refractivity contribution is -0.116. The minimum atomic E-state index is 0.0483. The van der Waals surface area contributed by atoms with Gasteiger partial charge in [0.1, 0.15) is 0 Å². The van der Waals surface area contributed by atoms with Crippen LogP contribution >= 0.6 is 34.7 Å². The number of benzene rings is 2. The summed E-state index contributed by atoms with van der Waals surface area (Å²) < 4.78 is 6.83. The number of carbonyl (C=O) groups is 1. The molecule has 0 spiro atoms. The topological polar surface area (TPSA) is 42.4 Å². The number of aryl methyl sites for hydroxylation is 1. The van der Waals surface area contributed by atoms with E-state index >= 15 is 0 Å². The normalized spacial score (nSPS) is 16.6. The van der Waals surface area contributed by atoms with Gasteiger partial charge >= 0.3 is 0 Å². The molecule has 4 rings (SSSR count). The van der Waals surface area contributed by atoms with E-state index in [4.69, 9.17) is 21.3 Å². The summed E-state index contributed by atoms with van der Waals surface area (Å²) in [6, 6.07) is 13.8. The molecular formula is C21H21ClN2O2S2. The van der Waals surface area contributed by atoms with Gasteiger partial charge in [-0.25, -0.2) is 4.98 Å². The summed E-state index contributed by atoms with van der Waals surface area (Å²) in [5.41, 5.74) is 1.82. The number of anilines is 1. The molecule has 0 saturated carbocycles. The summed E-state index contributed by atoms with van der Waals surface area (Å²) in [7, 11) is 0. The molecule has 28 heavy (non-hydrogen) atoms. The molecule has 1 saturated heterocycles. The highest BCUT2D eigenvalue weighted by Crippen LogP contribution is 2.34. The van der Waals surface area contributed by atoms with Gasteiger partial charge in [-0.05, 0) is 49.6 Å². The molecule has 0 radical (unpaired) electrons. The van der Waals surface area contributed by atoms with Crippen molar-refractivity contribution in [3.05, 3.63) is 53.1 Å². The number of halogens is 1. The quantitative estimate of drug-likeness (QED) is 0.478. The smallest absolute Gasteiger partial charge is 0.239 e. The fourth-order valence-corrected chi connectivity index (χ4v) is 5.22. The van der Waals surface area contributed by atoms with Crippen LogP contribution in [0.2, 0.25) is 5.02 Å². The Labute approximate surface area is 177 Å². The Morgan fingerprint density at radius 3 is 2.89 bits per heavy atom. The first-order chi connectivity index (χ1) is 13.6. The SMILES string of the molecule is Cc1c(Cl)ccc2sc(N(CC3CCCO3)C(=O)CSc3ccccc3)nc12. The fourth-order valence-electron chi connectivity index (χ4n) is 3.22. The van der Waals surface area contributed by atoms with Gasteiger partial charge in [0, 0.05) is 16.5 Å². The van der Waals surface area contributed by atoms with Crippen LogP contribution in [0, 0.1) is 6.92 Å². The Bertz CT molecular complexity index is 971. The number of rotatable bonds is 6. The van der Waals surface area contributed by atoms with E-state index in [9.17, 15) is 4.79 Å². The van der Waals surface area contributed by atoms with E-state index in [1.807, 2.05) is 49.4 Å². The molecule has 2 heterocycles. The Kier molecular flexibility index (Phi) is 6.21.